The molecule has 0 aliphatic rings. The third-order valence-electron chi connectivity index (χ3n) is 3.27. The van der Waals surface area contributed by atoms with E-state index in [1.165, 1.54) is 16.7 Å². The lowest BCUT2D eigenvalue weighted by molar-refractivity contribution is 0.792. The van der Waals surface area contributed by atoms with E-state index in [1.807, 2.05) is 6.07 Å². The topological polar surface area (TPSA) is 26.0 Å². The summed E-state index contributed by atoms with van der Waals surface area (Å²) in [6, 6.07) is 14.9. The first-order valence-electron chi connectivity index (χ1n) is 6.53. The quantitative estimate of drug-likeness (QED) is 0.630. The van der Waals surface area contributed by atoms with Crippen molar-refractivity contribution >= 4 is 18.3 Å². The van der Waals surface area contributed by atoms with Gasteiger partial charge in [0.25, 0.3) is 0 Å². The third kappa shape index (κ3) is 3.54. The van der Waals surface area contributed by atoms with Crippen LogP contribution in [0.5, 0.6) is 0 Å². The maximum absolute atomic E-state index is 6.04. The van der Waals surface area contributed by atoms with Crippen molar-refractivity contribution in [1.82, 2.24) is 0 Å². The van der Waals surface area contributed by atoms with E-state index in [9.17, 15) is 0 Å². The molecule has 0 spiro atoms. The zero-order valence-corrected chi connectivity index (χ0v) is 12.7. The molecule has 0 atom stereocenters. The highest BCUT2D eigenvalue weighted by Gasteiger charge is 2.18. The van der Waals surface area contributed by atoms with Gasteiger partial charge in [-0.3, -0.25) is 0 Å². The summed E-state index contributed by atoms with van der Waals surface area (Å²) >= 11 is 4.62. The van der Waals surface area contributed by atoms with E-state index in [1.54, 1.807) is 0 Å². The number of thiol groups is 1. The number of hydrogen-bond donors (Lipinski definition) is 2. The van der Waals surface area contributed by atoms with E-state index < -0.39 is 0 Å². The van der Waals surface area contributed by atoms with Crippen molar-refractivity contribution in [2.24, 2.45) is 0 Å². The van der Waals surface area contributed by atoms with Gasteiger partial charge in [0.05, 0.1) is 0 Å². The average Bonchev–Trinajstić information content (AvgIpc) is 2.30. The van der Waals surface area contributed by atoms with Crippen molar-refractivity contribution in [3.63, 3.8) is 0 Å². The minimum Gasteiger partial charge on any atom is -0.398 e. The molecule has 2 rings (SSSR count). The molecule has 2 heteroatoms. The summed E-state index contributed by atoms with van der Waals surface area (Å²) < 4.78 is -0.216. The number of benzene rings is 2. The zero-order chi connectivity index (χ0) is 14.0. The lowest BCUT2D eigenvalue weighted by Crippen LogP contribution is -2.11. The number of hydrogen-bond acceptors (Lipinski definition) is 2. The third-order valence-corrected chi connectivity index (χ3v) is 3.51. The molecular formula is C17H21NS. The Kier molecular flexibility index (Phi) is 3.91. The molecule has 0 bridgehead atoms. The molecule has 2 aromatic rings. The molecule has 0 fully saturated rings. The lowest BCUT2D eigenvalue weighted by Gasteiger charge is -2.21. The van der Waals surface area contributed by atoms with E-state index >= 15 is 0 Å². The molecule has 19 heavy (non-hydrogen) atoms. The largest absolute Gasteiger partial charge is 0.398 e. The zero-order valence-electron chi connectivity index (χ0n) is 11.8. The molecule has 2 aromatic carbocycles. The highest BCUT2D eigenvalue weighted by Crippen LogP contribution is 2.32. The van der Waals surface area contributed by atoms with Gasteiger partial charge in [-0.25, -0.2) is 0 Å². The maximum atomic E-state index is 6.04. The predicted octanol–water partition coefficient (Wildman–Crippen LogP) is 4.33. The monoisotopic (exact) mass is 271 g/mol. The molecular weight excluding hydrogens is 250 g/mol. The number of rotatable bonds is 3. The second-order valence-electron chi connectivity index (χ2n) is 5.65. The fourth-order valence-electron chi connectivity index (χ4n) is 2.30. The second kappa shape index (κ2) is 5.30. The van der Waals surface area contributed by atoms with Crippen LogP contribution >= 0.6 is 12.6 Å². The molecule has 0 aromatic heterocycles. The maximum Gasteiger partial charge on any atom is 0.0360 e. The first kappa shape index (κ1) is 14.0. The van der Waals surface area contributed by atoms with Gasteiger partial charge in [-0.05, 0) is 49.9 Å². The Morgan fingerprint density at radius 1 is 1.05 bits per heavy atom. The lowest BCUT2D eigenvalue weighted by atomic mass is 9.95. The van der Waals surface area contributed by atoms with Gasteiger partial charge in [-0.1, -0.05) is 42.0 Å². The smallest absolute Gasteiger partial charge is 0.0360 e. The average molecular weight is 271 g/mol. The number of aryl methyl sites for hydroxylation is 1. The minimum absolute atomic E-state index is 0.216. The molecule has 0 aliphatic carbocycles. The van der Waals surface area contributed by atoms with Crippen molar-refractivity contribution in [2.45, 2.75) is 31.9 Å². The SMILES string of the molecule is Cc1cccc(Cc2ccc(N)c(C(C)(C)S)c2)c1. The van der Waals surface area contributed by atoms with Crippen LogP contribution in [-0.2, 0) is 11.2 Å². The normalized spacial score (nSPS) is 11.6. The molecule has 0 amide bonds. The Balaban J connectivity index is 2.32. The first-order valence-corrected chi connectivity index (χ1v) is 6.98. The Labute approximate surface area is 121 Å². The predicted molar refractivity (Wildman–Crippen MR) is 86.9 cm³/mol. The first-order chi connectivity index (χ1) is 8.86. The van der Waals surface area contributed by atoms with Crippen LogP contribution in [-0.4, -0.2) is 0 Å². The van der Waals surface area contributed by atoms with Crippen LogP contribution in [0.3, 0.4) is 0 Å². The summed E-state index contributed by atoms with van der Waals surface area (Å²) in [5.74, 6) is 0. The summed E-state index contributed by atoms with van der Waals surface area (Å²) in [6.07, 6.45) is 0.929. The molecule has 0 aliphatic heterocycles. The summed E-state index contributed by atoms with van der Waals surface area (Å²) in [7, 11) is 0. The fraction of sp³-hybridized carbons (Fsp3) is 0.294. The summed E-state index contributed by atoms with van der Waals surface area (Å²) in [6.45, 7) is 6.26. The van der Waals surface area contributed by atoms with Crippen LogP contribution < -0.4 is 5.73 Å². The summed E-state index contributed by atoms with van der Waals surface area (Å²) in [5.41, 5.74) is 11.9. The van der Waals surface area contributed by atoms with Crippen molar-refractivity contribution in [3.05, 3.63) is 64.7 Å². The van der Waals surface area contributed by atoms with E-state index in [0.717, 1.165) is 17.7 Å². The second-order valence-corrected chi connectivity index (χ2v) is 6.76. The number of nitrogen functional groups attached to an aromatic ring is 1. The highest BCUT2D eigenvalue weighted by molar-refractivity contribution is 7.81. The highest BCUT2D eigenvalue weighted by atomic mass is 32.1. The van der Waals surface area contributed by atoms with Crippen molar-refractivity contribution in [2.75, 3.05) is 5.73 Å². The van der Waals surface area contributed by atoms with Crippen molar-refractivity contribution in [1.29, 1.82) is 0 Å². The van der Waals surface area contributed by atoms with Crippen LogP contribution in [0, 0.1) is 6.92 Å². The Morgan fingerprint density at radius 3 is 2.37 bits per heavy atom. The van der Waals surface area contributed by atoms with Gasteiger partial charge >= 0.3 is 0 Å². The van der Waals surface area contributed by atoms with Gasteiger partial charge in [0.1, 0.15) is 0 Å². The van der Waals surface area contributed by atoms with Crippen LogP contribution in [0.2, 0.25) is 0 Å². The molecule has 2 N–H and O–H groups in total. The number of anilines is 1. The molecule has 1 nitrogen and oxygen atoms in total. The van der Waals surface area contributed by atoms with E-state index in [4.69, 9.17) is 5.73 Å². The molecule has 0 heterocycles. The standard InChI is InChI=1S/C17H21NS/c1-12-5-4-6-13(9-12)10-14-7-8-16(18)15(11-14)17(2,3)19/h4-9,11,19H,10,18H2,1-3H3. The number of nitrogens with two attached hydrogens (primary N) is 1. The Morgan fingerprint density at radius 2 is 1.74 bits per heavy atom. The van der Waals surface area contributed by atoms with E-state index in [0.29, 0.717) is 0 Å². The molecule has 0 saturated carbocycles. The van der Waals surface area contributed by atoms with E-state index in [-0.39, 0.29) is 4.75 Å². The van der Waals surface area contributed by atoms with E-state index in [2.05, 4.69) is 69.8 Å². The van der Waals surface area contributed by atoms with Crippen LogP contribution in [0.1, 0.15) is 36.1 Å². The van der Waals surface area contributed by atoms with Gasteiger partial charge in [-0.15, -0.1) is 0 Å². The van der Waals surface area contributed by atoms with Gasteiger partial charge in [0.2, 0.25) is 0 Å². The summed E-state index contributed by atoms with van der Waals surface area (Å²) in [4.78, 5) is 0. The Hall–Kier alpha value is -1.41. The van der Waals surface area contributed by atoms with Crippen LogP contribution in [0.4, 0.5) is 5.69 Å². The van der Waals surface area contributed by atoms with Crippen molar-refractivity contribution < 1.29 is 0 Å². The van der Waals surface area contributed by atoms with Gasteiger partial charge in [-0.2, -0.15) is 12.6 Å². The van der Waals surface area contributed by atoms with Crippen LogP contribution in [0.15, 0.2) is 42.5 Å². The van der Waals surface area contributed by atoms with Crippen LogP contribution in [0.25, 0.3) is 0 Å². The summed E-state index contributed by atoms with van der Waals surface area (Å²) in [5, 5.41) is 0. The molecule has 100 valence electrons. The van der Waals surface area contributed by atoms with Gasteiger partial charge in [0, 0.05) is 10.4 Å². The van der Waals surface area contributed by atoms with Gasteiger partial charge in [0.15, 0.2) is 0 Å². The fourth-order valence-corrected chi connectivity index (χ4v) is 2.49. The minimum atomic E-state index is -0.216. The molecule has 0 saturated heterocycles. The molecule has 0 radical (unpaired) electrons. The van der Waals surface area contributed by atoms with Crippen molar-refractivity contribution in [3.8, 4) is 0 Å². The molecule has 0 unspecified atom stereocenters. The Bertz CT molecular complexity index is 582. The van der Waals surface area contributed by atoms with Gasteiger partial charge < -0.3 is 5.73 Å².